The molecule has 0 atom stereocenters. The van der Waals surface area contributed by atoms with E-state index in [0.717, 1.165) is 0 Å². The number of ether oxygens (including phenoxy) is 2. The Morgan fingerprint density at radius 1 is 1.04 bits per heavy atom. The molecule has 0 saturated carbocycles. The molecule has 0 spiro atoms. The largest absolute Gasteiger partial charge is 0.493 e. The second kappa shape index (κ2) is 8.14. The molecule has 0 aliphatic carbocycles. The molecule has 3 aromatic rings. The van der Waals surface area contributed by atoms with Crippen LogP contribution in [-0.4, -0.2) is 29.9 Å². The van der Waals surface area contributed by atoms with E-state index in [-0.39, 0.29) is 5.69 Å². The third kappa shape index (κ3) is 3.99. The predicted octanol–water partition coefficient (Wildman–Crippen LogP) is 3.46. The fourth-order valence-electron chi connectivity index (χ4n) is 2.65. The molecule has 0 aliphatic rings. The van der Waals surface area contributed by atoms with Gasteiger partial charge in [0.2, 0.25) is 5.43 Å². The molecular formula is C20H18ClN3O4. The zero-order valence-electron chi connectivity index (χ0n) is 15.5. The van der Waals surface area contributed by atoms with Gasteiger partial charge in [-0.3, -0.25) is 9.59 Å². The lowest BCUT2D eigenvalue weighted by Gasteiger charge is -2.12. The topological polar surface area (TPSA) is 82.5 Å². The average molecular weight is 400 g/mol. The monoisotopic (exact) mass is 399 g/mol. The molecule has 144 valence electrons. The number of hydrogen-bond acceptors (Lipinski definition) is 5. The number of halogens is 1. The van der Waals surface area contributed by atoms with Crippen molar-refractivity contribution < 1.29 is 14.3 Å². The van der Waals surface area contributed by atoms with Gasteiger partial charge in [-0.05, 0) is 43.3 Å². The van der Waals surface area contributed by atoms with Gasteiger partial charge in [0, 0.05) is 28.5 Å². The number of nitrogens with zero attached hydrogens (tertiary/aromatic N) is 2. The molecule has 1 N–H and O–H groups in total. The van der Waals surface area contributed by atoms with Crippen LogP contribution < -0.4 is 20.2 Å². The fourth-order valence-corrected chi connectivity index (χ4v) is 2.78. The van der Waals surface area contributed by atoms with Crippen molar-refractivity contribution in [2.45, 2.75) is 6.92 Å². The van der Waals surface area contributed by atoms with E-state index in [2.05, 4.69) is 10.4 Å². The van der Waals surface area contributed by atoms with Crippen LogP contribution in [0.15, 0.2) is 53.3 Å². The molecule has 3 rings (SSSR count). The smallest absolute Gasteiger partial charge is 0.280 e. The number of aromatic nitrogens is 2. The summed E-state index contributed by atoms with van der Waals surface area (Å²) in [5.74, 6) is 0.356. The zero-order valence-corrected chi connectivity index (χ0v) is 16.3. The Morgan fingerprint density at radius 3 is 2.36 bits per heavy atom. The maximum Gasteiger partial charge on any atom is 0.280 e. The molecule has 0 radical (unpaired) electrons. The van der Waals surface area contributed by atoms with E-state index in [1.54, 1.807) is 49.4 Å². The maximum absolute atomic E-state index is 12.7. The van der Waals surface area contributed by atoms with Gasteiger partial charge in [-0.2, -0.15) is 5.10 Å². The Kier molecular flexibility index (Phi) is 5.65. The van der Waals surface area contributed by atoms with Crippen LogP contribution >= 0.6 is 11.6 Å². The molecule has 0 fully saturated rings. The number of carbonyl (C=O) groups is 1. The molecule has 1 aromatic heterocycles. The average Bonchev–Trinajstić information content (AvgIpc) is 2.68. The third-order valence-corrected chi connectivity index (χ3v) is 4.29. The van der Waals surface area contributed by atoms with Gasteiger partial charge in [-0.15, -0.1) is 0 Å². The van der Waals surface area contributed by atoms with Gasteiger partial charge in [0.25, 0.3) is 5.91 Å². The van der Waals surface area contributed by atoms with Crippen LogP contribution in [-0.2, 0) is 0 Å². The van der Waals surface area contributed by atoms with Gasteiger partial charge >= 0.3 is 0 Å². The molecule has 1 amide bonds. The number of rotatable bonds is 5. The highest BCUT2D eigenvalue weighted by Crippen LogP contribution is 2.29. The predicted molar refractivity (Wildman–Crippen MR) is 107 cm³/mol. The highest BCUT2D eigenvalue weighted by molar-refractivity contribution is 6.30. The third-order valence-electron chi connectivity index (χ3n) is 4.04. The van der Waals surface area contributed by atoms with Crippen molar-refractivity contribution in [3.63, 3.8) is 0 Å². The Hall–Kier alpha value is -3.32. The van der Waals surface area contributed by atoms with Gasteiger partial charge in [0.1, 0.15) is 0 Å². The van der Waals surface area contributed by atoms with Crippen molar-refractivity contribution in [1.29, 1.82) is 0 Å². The van der Waals surface area contributed by atoms with Crippen LogP contribution in [0.3, 0.4) is 0 Å². The molecular weight excluding hydrogens is 382 g/mol. The highest BCUT2D eigenvalue weighted by Gasteiger charge is 2.16. The van der Waals surface area contributed by atoms with Gasteiger partial charge < -0.3 is 14.8 Å². The van der Waals surface area contributed by atoms with E-state index in [9.17, 15) is 9.59 Å². The standard InChI is InChI=1S/C20H18ClN3O4/c1-12-10-16(25)19(23-24(12)15-7-4-13(21)5-8-15)20(26)22-14-6-9-17(27-2)18(11-14)28-3/h4-11H,1-3H3,(H,22,26). The van der Waals surface area contributed by atoms with Crippen LogP contribution in [0.5, 0.6) is 11.5 Å². The second-order valence-corrected chi connectivity index (χ2v) is 6.35. The molecule has 2 aromatic carbocycles. The Balaban J connectivity index is 1.95. The first kappa shape index (κ1) is 19.4. The summed E-state index contributed by atoms with van der Waals surface area (Å²) in [6.45, 7) is 1.74. The second-order valence-electron chi connectivity index (χ2n) is 5.91. The van der Waals surface area contributed by atoms with Crippen molar-refractivity contribution in [2.75, 3.05) is 19.5 Å². The number of nitrogens with one attached hydrogen (secondary N) is 1. The quantitative estimate of drug-likeness (QED) is 0.710. The molecule has 0 saturated heterocycles. The minimum absolute atomic E-state index is 0.227. The number of aryl methyl sites for hydroxylation is 1. The first-order valence-corrected chi connectivity index (χ1v) is 8.71. The molecule has 0 bridgehead atoms. The van der Waals surface area contributed by atoms with Crippen LogP contribution in [0, 0.1) is 6.92 Å². The van der Waals surface area contributed by atoms with Gasteiger partial charge in [-0.1, -0.05) is 11.6 Å². The molecule has 0 aliphatic heterocycles. The van der Waals surface area contributed by atoms with Gasteiger partial charge in [0.05, 0.1) is 19.9 Å². The SMILES string of the molecule is COc1ccc(NC(=O)c2nn(-c3ccc(Cl)cc3)c(C)cc2=O)cc1OC. The zero-order chi connectivity index (χ0) is 20.3. The maximum atomic E-state index is 12.7. The van der Waals surface area contributed by atoms with Crippen molar-refractivity contribution in [3.8, 4) is 17.2 Å². The summed E-state index contributed by atoms with van der Waals surface area (Å²) in [4.78, 5) is 25.0. The Bertz CT molecular complexity index is 1080. The van der Waals surface area contributed by atoms with Crippen molar-refractivity contribution >= 4 is 23.2 Å². The van der Waals surface area contributed by atoms with Crippen LogP contribution in [0.2, 0.25) is 5.02 Å². The highest BCUT2D eigenvalue weighted by atomic mass is 35.5. The number of carbonyl (C=O) groups excluding carboxylic acids is 1. The van der Waals surface area contributed by atoms with E-state index >= 15 is 0 Å². The lowest BCUT2D eigenvalue weighted by molar-refractivity contribution is 0.101. The fraction of sp³-hybridized carbons (Fsp3) is 0.150. The summed E-state index contributed by atoms with van der Waals surface area (Å²) >= 11 is 5.92. The van der Waals surface area contributed by atoms with Crippen LogP contribution in [0.4, 0.5) is 5.69 Å². The number of amides is 1. The van der Waals surface area contributed by atoms with Crippen molar-refractivity contribution in [2.24, 2.45) is 0 Å². The summed E-state index contributed by atoms with van der Waals surface area (Å²) in [7, 11) is 3.02. The normalized spacial score (nSPS) is 10.4. The van der Waals surface area contributed by atoms with Gasteiger partial charge in [-0.25, -0.2) is 4.68 Å². The number of benzene rings is 2. The number of hydrogen-bond donors (Lipinski definition) is 1. The first-order valence-electron chi connectivity index (χ1n) is 8.33. The summed E-state index contributed by atoms with van der Waals surface area (Å²) in [6, 6.07) is 13.2. The van der Waals surface area contributed by atoms with Crippen molar-refractivity contribution in [1.82, 2.24) is 9.78 Å². The first-order chi connectivity index (χ1) is 13.4. The van der Waals surface area contributed by atoms with E-state index < -0.39 is 11.3 Å². The molecule has 8 heteroatoms. The van der Waals surface area contributed by atoms with E-state index in [0.29, 0.717) is 33.6 Å². The van der Waals surface area contributed by atoms with E-state index in [4.69, 9.17) is 21.1 Å². The molecule has 7 nitrogen and oxygen atoms in total. The Morgan fingerprint density at radius 2 is 1.71 bits per heavy atom. The molecule has 0 unspecified atom stereocenters. The van der Waals surface area contributed by atoms with E-state index in [1.165, 1.54) is 25.0 Å². The Labute approximate surface area is 166 Å². The minimum atomic E-state index is -0.625. The lowest BCUT2D eigenvalue weighted by Crippen LogP contribution is -2.26. The summed E-state index contributed by atoms with van der Waals surface area (Å²) in [5, 5.41) is 7.48. The van der Waals surface area contributed by atoms with Crippen LogP contribution in [0.1, 0.15) is 16.2 Å². The van der Waals surface area contributed by atoms with Crippen molar-refractivity contribution in [3.05, 3.63) is 75.2 Å². The summed E-state index contributed by atoms with van der Waals surface area (Å²) in [6.07, 6.45) is 0. The number of anilines is 1. The molecule has 28 heavy (non-hydrogen) atoms. The van der Waals surface area contributed by atoms with Crippen LogP contribution in [0.25, 0.3) is 5.69 Å². The van der Waals surface area contributed by atoms with Gasteiger partial charge in [0.15, 0.2) is 17.2 Å². The lowest BCUT2D eigenvalue weighted by atomic mass is 10.2. The molecule has 1 heterocycles. The number of methoxy groups -OCH3 is 2. The minimum Gasteiger partial charge on any atom is -0.493 e. The summed E-state index contributed by atoms with van der Waals surface area (Å²) in [5.41, 5.74) is 1.02. The van der Waals surface area contributed by atoms with E-state index in [1.807, 2.05) is 0 Å². The summed E-state index contributed by atoms with van der Waals surface area (Å²) < 4.78 is 11.9.